The third-order valence-corrected chi connectivity index (χ3v) is 9.03. The Kier molecular flexibility index (Phi) is 9.63. The normalized spacial score (nSPS) is 30.9. The summed E-state index contributed by atoms with van der Waals surface area (Å²) in [5.74, 6) is -2.94. The van der Waals surface area contributed by atoms with Crippen LogP contribution in [0, 0.1) is 0 Å². The summed E-state index contributed by atoms with van der Waals surface area (Å²) < 4.78 is 62.6. The van der Waals surface area contributed by atoms with Gasteiger partial charge in [0.1, 0.15) is 24.4 Å². The van der Waals surface area contributed by atoms with Crippen molar-refractivity contribution in [1.82, 2.24) is 5.06 Å². The monoisotopic (exact) mass is 573 g/mol. The number of benzene rings is 1. The van der Waals surface area contributed by atoms with E-state index in [1.54, 1.807) is 41.5 Å². The van der Waals surface area contributed by atoms with Crippen LogP contribution in [0.4, 0.5) is 0 Å². The molecule has 12 heteroatoms. The molecule has 0 bridgehead atoms. The van der Waals surface area contributed by atoms with Crippen LogP contribution in [0.25, 0.3) is 0 Å². The summed E-state index contributed by atoms with van der Waals surface area (Å²) in [5.41, 5.74) is 0.928. The van der Waals surface area contributed by atoms with E-state index in [0.717, 1.165) is 10.6 Å². The molecule has 0 spiro atoms. The van der Waals surface area contributed by atoms with E-state index in [4.69, 9.17) is 37.5 Å². The number of nitrogens with zero attached hydrogens (tertiary/aromatic N) is 1. The van der Waals surface area contributed by atoms with Gasteiger partial charge in [0, 0.05) is 0 Å². The van der Waals surface area contributed by atoms with Gasteiger partial charge in [-0.05, 0) is 61.0 Å². The first-order valence-electron chi connectivity index (χ1n) is 13.6. The predicted octanol–water partition coefficient (Wildman–Crippen LogP) is 4.66. The van der Waals surface area contributed by atoms with Crippen LogP contribution in [0.3, 0.4) is 0 Å². The second kappa shape index (κ2) is 12.1. The van der Waals surface area contributed by atoms with Gasteiger partial charge in [-0.3, -0.25) is 4.57 Å². The molecule has 3 aliphatic rings. The van der Waals surface area contributed by atoms with Crippen LogP contribution >= 0.6 is 7.60 Å². The van der Waals surface area contributed by atoms with Crippen LogP contribution in [-0.2, 0) is 48.6 Å². The zero-order chi connectivity index (χ0) is 28.6. The Hall–Kier alpha value is -0.950. The number of rotatable bonds is 12. The highest BCUT2D eigenvalue weighted by molar-refractivity contribution is 7.54. The minimum absolute atomic E-state index is 0.162. The van der Waals surface area contributed by atoms with E-state index < -0.39 is 67.8 Å². The number of fused-ring (bicyclic) bond motifs is 1. The molecule has 6 atom stereocenters. The average Bonchev–Trinajstić information content (AvgIpc) is 3.44. The Morgan fingerprint density at radius 3 is 2.13 bits per heavy atom. The maximum atomic E-state index is 14.3. The van der Waals surface area contributed by atoms with Crippen LogP contribution in [0.5, 0.6) is 0 Å². The lowest BCUT2D eigenvalue weighted by molar-refractivity contribution is -0.280. The zero-order valence-electron chi connectivity index (χ0n) is 24.1. The maximum Gasteiger partial charge on any atom is 0.353 e. The second-order valence-corrected chi connectivity index (χ2v) is 13.7. The van der Waals surface area contributed by atoms with Crippen molar-refractivity contribution in [3.63, 3.8) is 0 Å². The van der Waals surface area contributed by atoms with E-state index in [0.29, 0.717) is 0 Å². The van der Waals surface area contributed by atoms with E-state index in [9.17, 15) is 9.77 Å². The quantitative estimate of drug-likeness (QED) is 0.278. The Balaban J connectivity index is 1.61. The first kappa shape index (κ1) is 31.0. The number of hydrogen-bond donors (Lipinski definition) is 1. The van der Waals surface area contributed by atoms with Gasteiger partial charge < -0.3 is 42.7 Å². The molecule has 0 saturated carbocycles. The number of hydroxylamine groups is 2. The molecule has 39 heavy (non-hydrogen) atoms. The highest BCUT2D eigenvalue weighted by Gasteiger charge is 2.62. The van der Waals surface area contributed by atoms with E-state index in [1.807, 2.05) is 44.2 Å². The first-order valence-corrected chi connectivity index (χ1v) is 15.2. The topological polar surface area (TPSA) is 114 Å². The van der Waals surface area contributed by atoms with Crippen molar-refractivity contribution in [3.05, 3.63) is 35.9 Å². The molecule has 0 amide bonds. The Labute approximate surface area is 231 Å². The van der Waals surface area contributed by atoms with Gasteiger partial charge in [0.05, 0.1) is 32.0 Å². The lowest BCUT2D eigenvalue weighted by Crippen LogP contribution is -2.50. The molecule has 0 aromatic heterocycles. The highest BCUT2D eigenvalue weighted by Crippen LogP contribution is 2.57. The van der Waals surface area contributed by atoms with Crippen molar-refractivity contribution in [2.75, 3.05) is 13.2 Å². The first-order chi connectivity index (χ1) is 18.2. The lowest BCUT2D eigenvalue weighted by atomic mass is 10.1. The van der Waals surface area contributed by atoms with Crippen LogP contribution < -0.4 is 0 Å². The van der Waals surface area contributed by atoms with E-state index in [-0.39, 0.29) is 19.8 Å². The molecule has 4 rings (SSSR count). The Bertz CT molecular complexity index is 976. The molecule has 3 heterocycles. The Morgan fingerprint density at radius 1 is 0.949 bits per heavy atom. The van der Waals surface area contributed by atoms with E-state index >= 15 is 0 Å². The minimum atomic E-state index is -3.99. The van der Waals surface area contributed by atoms with Crippen molar-refractivity contribution in [3.8, 4) is 0 Å². The highest BCUT2D eigenvalue weighted by atomic mass is 31.2. The lowest BCUT2D eigenvalue weighted by Gasteiger charge is -2.37. The van der Waals surface area contributed by atoms with Gasteiger partial charge in [-0.25, -0.2) is 0 Å². The fourth-order valence-electron chi connectivity index (χ4n) is 5.09. The smallest absolute Gasteiger partial charge is 0.353 e. The molecule has 3 aliphatic heterocycles. The summed E-state index contributed by atoms with van der Waals surface area (Å²) >= 11 is 0. The van der Waals surface area contributed by atoms with Gasteiger partial charge in [-0.15, -0.1) is 5.06 Å². The van der Waals surface area contributed by atoms with Gasteiger partial charge in [0.15, 0.2) is 23.6 Å². The zero-order valence-corrected chi connectivity index (χ0v) is 25.0. The van der Waals surface area contributed by atoms with Crippen molar-refractivity contribution in [2.45, 2.75) is 122 Å². The third kappa shape index (κ3) is 7.47. The van der Waals surface area contributed by atoms with Crippen LogP contribution in [0.1, 0.15) is 61.0 Å². The van der Waals surface area contributed by atoms with Crippen molar-refractivity contribution < 1.29 is 47.2 Å². The van der Waals surface area contributed by atoms with Crippen molar-refractivity contribution in [1.29, 1.82) is 0 Å². The average molecular weight is 574 g/mol. The molecule has 0 radical (unpaired) electrons. The molecular formula is C27H44NO10P. The van der Waals surface area contributed by atoms with E-state index in [1.165, 1.54) is 0 Å². The summed E-state index contributed by atoms with van der Waals surface area (Å²) in [4.78, 5) is 0. The number of hydrogen-bond acceptors (Lipinski definition) is 11. The number of ether oxygens (including phenoxy) is 6. The molecule has 0 aliphatic carbocycles. The predicted molar refractivity (Wildman–Crippen MR) is 141 cm³/mol. The maximum absolute atomic E-state index is 14.3. The SMILES string of the molecule is CC(C)OP(=O)(OC(C)C)[C@H](COCc1ccccc1)N(O)[C@H]1O[C@H]([C@H]2COC(C)(C)O2)[C@@H]2OC(C)(C)O[C@@H]21. The molecular weight excluding hydrogens is 529 g/mol. The molecule has 3 fully saturated rings. The molecule has 1 aromatic carbocycles. The van der Waals surface area contributed by atoms with Crippen molar-refractivity contribution in [2.24, 2.45) is 0 Å². The second-order valence-electron chi connectivity index (χ2n) is 11.6. The summed E-state index contributed by atoms with van der Waals surface area (Å²) in [5, 5.41) is 12.6. The molecule has 0 unspecified atom stereocenters. The molecule has 222 valence electrons. The van der Waals surface area contributed by atoms with Crippen LogP contribution in [0.2, 0.25) is 0 Å². The minimum Gasteiger partial charge on any atom is -0.374 e. The van der Waals surface area contributed by atoms with Gasteiger partial charge in [0.25, 0.3) is 0 Å². The third-order valence-electron chi connectivity index (χ3n) is 6.49. The summed E-state index contributed by atoms with van der Waals surface area (Å²) in [6.07, 6.45) is -4.31. The summed E-state index contributed by atoms with van der Waals surface area (Å²) in [6, 6.07) is 9.58. The molecule has 3 saturated heterocycles. The van der Waals surface area contributed by atoms with Crippen LogP contribution in [0.15, 0.2) is 30.3 Å². The van der Waals surface area contributed by atoms with Gasteiger partial charge >= 0.3 is 7.60 Å². The summed E-state index contributed by atoms with van der Waals surface area (Å²) in [6.45, 7) is 14.6. The van der Waals surface area contributed by atoms with Crippen molar-refractivity contribution >= 4 is 7.60 Å². The van der Waals surface area contributed by atoms with Gasteiger partial charge in [0.2, 0.25) is 0 Å². The molecule has 1 aromatic rings. The standard InChI is InChI=1S/C27H44NO10P/c1-17(2)37-39(30,38-18(3)4)21(16-31-14-19-12-10-9-11-13-19)28(29)25-24-23(35-27(7,8)36-24)22(33-25)20-15-32-26(5,6)34-20/h9-13,17-18,20-25,29H,14-16H2,1-8H3/t20-,21-,22-,23+,24+,25+/m1/s1. The van der Waals surface area contributed by atoms with Crippen LogP contribution in [-0.4, -0.2) is 83.7 Å². The largest absolute Gasteiger partial charge is 0.374 e. The molecule has 11 nitrogen and oxygen atoms in total. The fourth-order valence-corrected chi connectivity index (χ4v) is 7.30. The summed E-state index contributed by atoms with van der Waals surface area (Å²) in [7, 11) is -3.99. The molecule has 1 N–H and O–H groups in total. The van der Waals surface area contributed by atoms with E-state index in [2.05, 4.69) is 0 Å². The fraction of sp³-hybridized carbons (Fsp3) is 0.778. The van der Waals surface area contributed by atoms with Gasteiger partial charge in [-0.2, -0.15) is 0 Å². The van der Waals surface area contributed by atoms with Gasteiger partial charge in [-0.1, -0.05) is 30.3 Å². The Morgan fingerprint density at radius 2 is 1.56 bits per heavy atom.